The minimum atomic E-state index is -0.805. The topological polar surface area (TPSA) is 37.3 Å². The molecular formula is C10H11BO2. The van der Waals surface area contributed by atoms with E-state index in [2.05, 4.69) is 0 Å². The smallest absolute Gasteiger partial charge is 0.310 e. The molecule has 0 saturated carbocycles. The fraction of sp³-hybridized carbons (Fsp3) is 0.300. The second-order valence-corrected chi connectivity index (χ2v) is 3.01. The molecule has 0 amide bonds. The molecule has 0 spiro atoms. The quantitative estimate of drug-likeness (QED) is 0.705. The Balaban J connectivity index is 2.85. The van der Waals surface area contributed by atoms with Gasteiger partial charge < -0.3 is 5.11 Å². The first-order chi connectivity index (χ1) is 6.15. The summed E-state index contributed by atoms with van der Waals surface area (Å²) >= 11 is 0. The standard InChI is InChI=1S/C10H11BO2/c1-7(10(12)13)9-4-2-8(6-11)3-5-9/h2-5,7H,6H2,1H3,(H,12,13). The van der Waals surface area contributed by atoms with Gasteiger partial charge in [-0.25, -0.2) is 0 Å². The lowest BCUT2D eigenvalue weighted by Crippen LogP contribution is -2.07. The molecule has 3 heteroatoms. The monoisotopic (exact) mass is 174 g/mol. The van der Waals surface area contributed by atoms with E-state index in [1.54, 1.807) is 19.1 Å². The van der Waals surface area contributed by atoms with E-state index < -0.39 is 11.9 Å². The molecule has 66 valence electrons. The molecule has 0 bridgehead atoms. The summed E-state index contributed by atoms with van der Waals surface area (Å²) in [6.45, 7) is 1.67. The van der Waals surface area contributed by atoms with Crippen LogP contribution in [0.2, 0.25) is 0 Å². The van der Waals surface area contributed by atoms with Crippen LogP contribution in [0.3, 0.4) is 0 Å². The summed E-state index contributed by atoms with van der Waals surface area (Å²) in [5.41, 5.74) is 1.83. The molecule has 1 N–H and O–H groups in total. The van der Waals surface area contributed by atoms with Crippen molar-refractivity contribution in [3.05, 3.63) is 35.4 Å². The third kappa shape index (κ3) is 2.34. The van der Waals surface area contributed by atoms with Crippen molar-refractivity contribution in [2.75, 3.05) is 0 Å². The Morgan fingerprint density at radius 1 is 1.46 bits per heavy atom. The lowest BCUT2D eigenvalue weighted by molar-refractivity contribution is -0.138. The predicted molar refractivity (Wildman–Crippen MR) is 52.0 cm³/mol. The van der Waals surface area contributed by atoms with Gasteiger partial charge in [0.15, 0.2) is 0 Å². The number of hydrogen-bond donors (Lipinski definition) is 1. The Hall–Kier alpha value is -1.25. The molecule has 0 aliphatic heterocycles. The largest absolute Gasteiger partial charge is 0.481 e. The van der Waals surface area contributed by atoms with Gasteiger partial charge in [-0.05, 0) is 12.5 Å². The summed E-state index contributed by atoms with van der Waals surface area (Å²) in [4.78, 5) is 10.6. The van der Waals surface area contributed by atoms with E-state index >= 15 is 0 Å². The second-order valence-electron chi connectivity index (χ2n) is 3.01. The van der Waals surface area contributed by atoms with Crippen molar-refractivity contribution in [1.82, 2.24) is 0 Å². The molecule has 0 aliphatic carbocycles. The Morgan fingerprint density at radius 3 is 2.38 bits per heavy atom. The number of rotatable bonds is 3. The number of aliphatic carboxylic acids is 1. The molecule has 0 aromatic heterocycles. The second kappa shape index (κ2) is 4.12. The lowest BCUT2D eigenvalue weighted by Gasteiger charge is -2.06. The van der Waals surface area contributed by atoms with E-state index in [0.29, 0.717) is 6.32 Å². The fourth-order valence-electron chi connectivity index (χ4n) is 1.08. The van der Waals surface area contributed by atoms with E-state index in [0.717, 1.165) is 11.1 Å². The maximum Gasteiger partial charge on any atom is 0.310 e. The Morgan fingerprint density at radius 2 is 2.00 bits per heavy atom. The number of hydrogen-bond acceptors (Lipinski definition) is 1. The third-order valence-electron chi connectivity index (χ3n) is 2.09. The van der Waals surface area contributed by atoms with Crippen LogP contribution in [0.15, 0.2) is 24.3 Å². The molecule has 13 heavy (non-hydrogen) atoms. The number of carboxylic acids is 1. The number of carbonyl (C=O) groups is 1. The van der Waals surface area contributed by atoms with Crippen molar-refractivity contribution in [2.24, 2.45) is 0 Å². The molecule has 0 aliphatic rings. The first kappa shape index (κ1) is 9.84. The maximum absolute atomic E-state index is 10.6. The van der Waals surface area contributed by atoms with Gasteiger partial charge in [-0.15, -0.1) is 0 Å². The van der Waals surface area contributed by atoms with E-state index in [4.69, 9.17) is 13.0 Å². The normalized spacial score (nSPS) is 12.4. The first-order valence-corrected chi connectivity index (χ1v) is 4.17. The van der Waals surface area contributed by atoms with Crippen molar-refractivity contribution in [2.45, 2.75) is 19.2 Å². The van der Waals surface area contributed by atoms with Gasteiger partial charge in [-0.2, -0.15) is 0 Å². The van der Waals surface area contributed by atoms with E-state index in [-0.39, 0.29) is 0 Å². The zero-order valence-electron chi connectivity index (χ0n) is 7.53. The fourth-order valence-corrected chi connectivity index (χ4v) is 1.08. The molecule has 2 radical (unpaired) electrons. The Labute approximate surface area is 79.0 Å². The van der Waals surface area contributed by atoms with E-state index in [9.17, 15) is 4.79 Å². The number of carboxylic acid groups (broad SMARTS) is 1. The Bertz CT molecular complexity index is 292. The molecule has 2 nitrogen and oxygen atoms in total. The summed E-state index contributed by atoms with van der Waals surface area (Å²) in [5, 5.41) is 8.74. The SMILES string of the molecule is [B]Cc1ccc(C(C)C(=O)O)cc1. The molecule has 1 aromatic carbocycles. The summed E-state index contributed by atoms with van der Waals surface area (Å²) in [7, 11) is 5.42. The van der Waals surface area contributed by atoms with Crippen LogP contribution in [-0.4, -0.2) is 18.9 Å². The van der Waals surface area contributed by atoms with Gasteiger partial charge in [0.2, 0.25) is 0 Å². The highest BCUT2D eigenvalue weighted by Gasteiger charge is 2.12. The van der Waals surface area contributed by atoms with Gasteiger partial charge in [0.25, 0.3) is 0 Å². The number of benzene rings is 1. The van der Waals surface area contributed by atoms with Crippen molar-refractivity contribution < 1.29 is 9.90 Å². The van der Waals surface area contributed by atoms with Gasteiger partial charge in [0.1, 0.15) is 0 Å². The van der Waals surface area contributed by atoms with Gasteiger partial charge in [0.05, 0.1) is 13.8 Å². The van der Waals surface area contributed by atoms with Crippen LogP contribution in [0.4, 0.5) is 0 Å². The molecule has 1 atom stereocenters. The van der Waals surface area contributed by atoms with Crippen molar-refractivity contribution in [1.29, 1.82) is 0 Å². The van der Waals surface area contributed by atoms with Crippen LogP contribution in [0.5, 0.6) is 0 Å². The van der Waals surface area contributed by atoms with Gasteiger partial charge in [-0.1, -0.05) is 36.1 Å². The minimum absolute atomic E-state index is 0.452. The van der Waals surface area contributed by atoms with Crippen LogP contribution in [0, 0.1) is 0 Å². The average Bonchev–Trinajstić information content (AvgIpc) is 2.17. The highest BCUT2D eigenvalue weighted by atomic mass is 16.4. The summed E-state index contributed by atoms with van der Waals surface area (Å²) in [6.07, 6.45) is 0.488. The van der Waals surface area contributed by atoms with Gasteiger partial charge in [0, 0.05) is 0 Å². The van der Waals surface area contributed by atoms with E-state index in [1.807, 2.05) is 12.1 Å². The molecule has 1 unspecified atom stereocenters. The summed E-state index contributed by atoms with van der Waals surface area (Å²) < 4.78 is 0. The third-order valence-corrected chi connectivity index (χ3v) is 2.09. The molecule has 1 rings (SSSR count). The average molecular weight is 174 g/mol. The molecule has 0 fully saturated rings. The van der Waals surface area contributed by atoms with Crippen molar-refractivity contribution >= 4 is 13.8 Å². The Kier molecular flexibility index (Phi) is 3.12. The summed E-state index contributed by atoms with van der Waals surface area (Å²) in [6, 6.07) is 7.32. The molecular weight excluding hydrogens is 163 g/mol. The first-order valence-electron chi connectivity index (χ1n) is 4.17. The zero-order valence-corrected chi connectivity index (χ0v) is 7.53. The minimum Gasteiger partial charge on any atom is -0.481 e. The summed E-state index contributed by atoms with van der Waals surface area (Å²) in [5.74, 6) is -1.26. The molecule has 1 aromatic rings. The van der Waals surface area contributed by atoms with Gasteiger partial charge >= 0.3 is 5.97 Å². The predicted octanol–water partition coefficient (Wildman–Crippen LogP) is 1.54. The highest BCUT2D eigenvalue weighted by molar-refractivity contribution is 6.08. The van der Waals surface area contributed by atoms with Crippen LogP contribution in [-0.2, 0) is 11.1 Å². The van der Waals surface area contributed by atoms with Crippen LogP contribution < -0.4 is 0 Å². The van der Waals surface area contributed by atoms with Crippen molar-refractivity contribution in [3.63, 3.8) is 0 Å². The van der Waals surface area contributed by atoms with Crippen LogP contribution in [0.25, 0.3) is 0 Å². The van der Waals surface area contributed by atoms with Crippen LogP contribution >= 0.6 is 0 Å². The lowest BCUT2D eigenvalue weighted by atomic mass is 9.94. The van der Waals surface area contributed by atoms with E-state index in [1.165, 1.54) is 0 Å². The molecule has 0 saturated heterocycles. The van der Waals surface area contributed by atoms with Gasteiger partial charge in [-0.3, -0.25) is 4.79 Å². The molecule has 0 heterocycles. The zero-order chi connectivity index (χ0) is 9.84. The maximum atomic E-state index is 10.6. The van der Waals surface area contributed by atoms with Crippen molar-refractivity contribution in [3.8, 4) is 0 Å². The van der Waals surface area contributed by atoms with Crippen LogP contribution in [0.1, 0.15) is 24.0 Å². The highest BCUT2D eigenvalue weighted by Crippen LogP contribution is 2.15.